The van der Waals surface area contributed by atoms with E-state index in [1.165, 1.54) is 25.3 Å². The first-order valence-electron chi connectivity index (χ1n) is 12.2. The number of nitrogens with one attached hydrogen (secondary N) is 1. The van der Waals surface area contributed by atoms with Gasteiger partial charge >= 0.3 is 0 Å². The topological polar surface area (TPSA) is 110 Å². The summed E-state index contributed by atoms with van der Waals surface area (Å²) >= 11 is 8.86. The summed E-state index contributed by atoms with van der Waals surface area (Å²) in [5.41, 5.74) is 6.72. The molecular weight excluding hydrogens is 577 g/mol. The van der Waals surface area contributed by atoms with Crippen LogP contribution >= 0.6 is 27.5 Å². The first-order chi connectivity index (χ1) is 18.2. The maximum absolute atomic E-state index is 13.2. The molecule has 5 rings (SSSR count). The average molecular weight is 611 g/mol. The van der Waals surface area contributed by atoms with Crippen LogP contribution in [0, 0.1) is 18.7 Å². The summed E-state index contributed by atoms with van der Waals surface area (Å²) in [4.78, 5) is 31.8. The number of carbonyl (C=O) groups is 3. The van der Waals surface area contributed by atoms with Crippen molar-refractivity contribution >= 4 is 57.4 Å². The third-order valence-corrected chi connectivity index (χ3v) is 7.37. The lowest BCUT2D eigenvalue weighted by Gasteiger charge is -2.27. The minimum atomic E-state index is -0.353. The molecule has 2 aliphatic rings. The first-order valence-corrected chi connectivity index (χ1v) is 13.4. The number of aryl methyl sites for hydroxylation is 1. The number of piperidine rings is 1. The molecule has 2 aromatic carbocycles. The Kier molecular flexibility index (Phi) is 13.0. The number of hydrogen-bond acceptors (Lipinski definition) is 6. The number of primary amides is 1. The molecule has 3 unspecified atom stereocenters. The summed E-state index contributed by atoms with van der Waals surface area (Å²) in [6.07, 6.45) is 6.08. The molecule has 3 N–H and O–H groups in total. The van der Waals surface area contributed by atoms with E-state index in [0.29, 0.717) is 24.6 Å². The molecule has 8 nitrogen and oxygen atoms in total. The highest BCUT2D eigenvalue weighted by molar-refractivity contribution is 9.10. The van der Waals surface area contributed by atoms with Gasteiger partial charge < -0.3 is 20.6 Å². The van der Waals surface area contributed by atoms with Gasteiger partial charge in [-0.25, -0.2) is 4.39 Å². The summed E-state index contributed by atoms with van der Waals surface area (Å²) in [5, 5.41) is 8.39. The molecule has 2 fully saturated rings. The number of halogens is 3. The van der Waals surface area contributed by atoms with Crippen LogP contribution < -0.4 is 11.1 Å². The summed E-state index contributed by atoms with van der Waals surface area (Å²) < 4.78 is 15.7. The van der Waals surface area contributed by atoms with Crippen LogP contribution in [0.5, 0.6) is 0 Å². The lowest BCUT2D eigenvalue weighted by molar-refractivity contribution is -0.113. The highest BCUT2D eigenvalue weighted by Crippen LogP contribution is 2.40. The molecule has 1 amide bonds. The van der Waals surface area contributed by atoms with Gasteiger partial charge in [0, 0.05) is 28.0 Å². The number of hydrogen-bond donors (Lipinski definition) is 2. The van der Waals surface area contributed by atoms with Gasteiger partial charge in [-0.15, -0.1) is 0 Å². The summed E-state index contributed by atoms with van der Waals surface area (Å²) in [6, 6.07) is 12.1. The molecule has 1 aliphatic heterocycles. The fraction of sp³-hybridized carbons (Fsp3) is 0.407. The quantitative estimate of drug-likeness (QED) is 0.330. The van der Waals surface area contributed by atoms with Crippen LogP contribution in [0.25, 0.3) is 10.9 Å². The van der Waals surface area contributed by atoms with E-state index in [0.717, 1.165) is 39.7 Å². The molecule has 1 saturated heterocycles. The second-order valence-corrected chi connectivity index (χ2v) is 10.3. The standard InChI is InChI=1S/C10H10N2O.C8H8BrClFN.C8H13NO.CH3NO/c1-8-9-4-2-3-5-10(9)12(11-8)6-7-13;1-12-4-5-2-6(9)3-7(10)8(5)11;1-9-7-3-2-6(4-7)8(9)5-10;2-1-3/h2-5,7H,6H2,1H3;2-3,12H,4H2,1H3;5-8H,2-4H2,1H3;1H,(H2,2,3). The zero-order valence-electron chi connectivity index (χ0n) is 21.7. The minimum absolute atomic E-state index is 0.148. The monoisotopic (exact) mass is 609 g/mol. The lowest BCUT2D eigenvalue weighted by atomic mass is 10.0. The Hall–Kier alpha value is -2.66. The van der Waals surface area contributed by atoms with Gasteiger partial charge in [-0.05, 0) is 64.4 Å². The van der Waals surface area contributed by atoms with Crippen LogP contribution in [-0.4, -0.2) is 59.8 Å². The zero-order valence-corrected chi connectivity index (χ0v) is 24.1. The van der Waals surface area contributed by atoms with Gasteiger partial charge in [-0.3, -0.25) is 14.4 Å². The van der Waals surface area contributed by atoms with Crippen molar-refractivity contribution < 1.29 is 18.8 Å². The highest BCUT2D eigenvalue weighted by Gasteiger charge is 2.43. The largest absolute Gasteiger partial charge is 0.372 e. The normalized spacial score (nSPS) is 19.4. The van der Waals surface area contributed by atoms with Crippen molar-refractivity contribution in [1.29, 1.82) is 0 Å². The third kappa shape index (κ3) is 8.17. The Labute approximate surface area is 235 Å². The predicted octanol–water partition coefficient (Wildman–Crippen LogP) is 4.27. The van der Waals surface area contributed by atoms with Gasteiger partial charge in [0.15, 0.2) is 0 Å². The average Bonchev–Trinajstić information content (AvgIpc) is 3.58. The number of nitrogens with two attached hydrogens (primary N) is 1. The molecule has 0 spiro atoms. The summed E-state index contributed by atoms with van der Waals surface area (Å²) in [6.45, 7) is 2.75. The van der Waals surface area contributed by atoms with E-state index in [1.807, 2.05) is 31.2 Å². The molecule has 2 bridgehead atoms. The first kappa shape index (κ1) is 31.6. The van der Waals surface area contributed by atoms with Crippen molar-refractivity contribution in [3.63, 3.8) is 0 Å². The van der Waals surface area contributed by atoms with Gasteiger partial charge in [0.25, 0.3) is 0 Å². The van der Waals surface area contributed by atoms with E-state index >= 15 is 0 Å². The highest BCUT2D eigenvalue weighted by atomic mass is 79.9. The van der Waals surface area contributed by atoms with Crippen LogP contribution in [0.4, 0.5) is 4.39 Å². The van der Waals surface area contributed by atoms with Crippen molar-refractivity contribution in [2.24, 2.45) is 11.7 Å². The number of aromatic nitrogens is 2. The van der Waals surface area contributed by atoms with E-state index in [9.17, 15) is 14.0 Å². The molecule has 1 aliphatic carbocycles. The fourth-order valence-electron chi connectivity index (χ4n) is 4.89. The number of benzene rings is 2. The molecule has 3 aromatic rings. The number of likely N-dealkylation sites (tertiary alicyclic amines) is 1. The Balaban J connectivity index is 0.000000191. The SMILES string of the molecule is CN1C2CCC(C2)C1C=O.CNCc1cc(Br)cc(Cl)c1F.Cc1nn(CC=O)c2ccccc12.NC=O. The molecule has 0 radical (unpaired) electrons. The van der Waals surface area contributed by atoms with Gasteiger partial charge in [0.2, 0.25) is 6.41 Å². The Morgan fingerprint density at radius 3 is 2.47 bits per heavy atom. The van der Waals surface area contributed by atoms with E-state index in [4.69, 9.17) is 16.4 Å². The van der Waals surface area contributed by atoms with E-state index in [-0.39, 0.29) is 23.3 Å². The number of carbonyl (C=O) groups excluding carboxylic acids is 3. The van der Waals surface area contributed by atoms with Gasteiger partial charge in [-0.1, -0.05) is 45.7 Å². The van der Waals surface area contributed by atoms with Crippen LogP contribution in [-0.2, 0) is 27.5 Å². The van der Waals surface area contributed by atoms with Gasteiger partial charge in [-0.2, -0.15) is 5.10 Å². The molecular formula is C27H34BrClFN5O3. The predicted molar refractivity (Wildman–Crippen MR) is 151 cm³/mol. The summed E-state index contributed by atoms with van der Waals surface area (Å²) in [7, 11) is 3.83. The third-order valence-electron chi connectivity index (χ3n) is 6.64. The smallest absolute Gasteiger partial charge is 0.204 e. The molecule has 1 saturated carbocycles. The van der Waals surface area contributed by atoms with Crippen molar-refractivity contribution in [1.82, 2.24) is 20.0 Å². The molecule has 3 atom stereocenters. The summed E-state index contributed by atoms with van der Waals surface area (Å²) in [5.74, 6) is 0.335. The Bertz CT molecular complexity index is 1220. The van der Waals surface area contributed by atoms with E-state index in [2.05, 4.69) is 44.0 Å². The van der Waals surface area contributed by atoms with Gasteiger partial charge in [0.1, 0.15) is 18.4 Å². The minimum Gasteiger partial charge on any atom is -0.372 e. The molecule has 1 aromatic heterocycles. The second-order valence-electron chi connectivity index (χ2n) is 9.00. The number of para-hydroxylation sites is 1. The molecule has 2 heterocycles. The van der Waals surface area contributed by atoms with Crippen LogP contribution in [0.15, 0.2) is 40.9 Å². The van der Waals surface area contributed by atoms with Gasteiger partial charge in [0.05, 0.1) is 28.8 Å². The maximum Gasteiger partial charge on any atom is 0.204 e. The van der Waals surface area contributed by atoms with Crippen LogP contribution in [0.2, 0.25) is 5.02 Å². The van der Waals surface area contributed by atoms with Crippen molar-refractivity contribution in [2.45, 2.75) is 51.4 Å². The van der Waals surface area contributed by atoms with Crippen molar-refractivity contribution in [2.75, 3.05) is 14.1 Å². The number of nitrogens with zero attached hydrogens (tertiary/aromatic N) is 3. The number of amides is 1. The maximum atomic E-state index is 13.2. The Morgan fingerprint density at radius 2 is 1.92 bits per heavy atom. The number of fused-ring (bicyclic) bond motifs is 3. The molecule has 206 valence electrons. The molecule has 38 heavy (non-hydrogen) atoms. The number of aldehydes is 2. The second kappa shape index (κ2) is 15.7. The fourth-order valence-corrected chi connectivity index (χ4v) is 5.76. The van der Waals surface area contributed by atoms with Crippen LogP contribution in [0.1, 0.15) is 30.5 Å². The Morgan fingerprint density at radius 1 is 1.24 bits per heavy atom. The van der Waals surface area contributed by atoms with Crippen LogP contribution in [0.3, 0.4) is 0 Å². The van der Waals surface area contributed by atoms with Crippen molar-refractivity contribution in [3.8, 4) is 0 Å². The zero-order chi connectivity index (χ0) is 28.2. The lowest BCUT2D eigenvalue weighted by Crippen LogP contribution is -2.38. The van der Waals surface area contributed by atoms with Crippen molar-refractivity contribution in [3.05, 3.63) is 63.0 Å². The van der Waals surface area contributed by atoms with E-state index in [1.54, 1.807) is 17.8 Å². The molecule has 11 heteroatoms. The number of rotatable bonds is 5. The van der Waals surface area contributed by atoms with E-state index < -0.39 is 0 Å². The number of likely N-dealkylation sites (N-methyl/N-ethyl adjacent to an activating group) is 1.